The van der Waals surface area contributed by atoms with Crippen LogP contribution >= 0.6 is 0 Å². The first-order valence-corrected chi connectivity index (χ1v) is 13.0. The summed E-state index contributed by atoms with van der Waals surface area (Å²) in [7, 11) is 0. The molecule has 2 fully saturated rings. The maximum absolute atomic E-state index is 12.9. The SMILES string of the molecule is CC1NC(=O)NC(=O)C1CCC(=O)N1CCC(Cn2c(COc3ccccc3)nc3ccccc32)CC1. The summed E-state index contributed by atoms with van der Waals surface area (Å²) >= 11 is 0. The standard InChI is InChI=1S/C28H33N5O4/c1-19-22(27(35)31-28(36)29-19)11-12-26(34)32-15-13-20(14-16-32)17-33-24-10-6-5-9-23(24)30-25(33)18-37-21-7-3-2-4-8-21/h2-10,19-20,22H,11-18H2,1H3,(H2,29,31,35,36). The van der Waals surface area contributed by atoms with Gasteiger partial charge in [0.1, 0.15) is 18.2 Å². The molecule has 0 spiro atoms. The molecule has 0 saturated carbocycles. The van der Waals surface area contributed by atoms with Crippen molar-refractivity contribution in [2.45, 2.75) is 51.8 Å². The summed E-state index contributed by atoms with van der Waals surface area (Å²) in [5, 5.41) is 5.01. The van der Waals surface area contributed by atoms with Gasteiger partial charge in [-0.3, -0.25) is 14.9 Å². The van der Waals surface area contributed by atoms with Crippen LogP contribution in [-0.2, 0) is 22.7 Å². The van der Waals surface area contributed by atoms with E-state index in [4.69, 9.17) is 9.72 Å². The maximum Gasteiger partial charge on any atom is 0.321 e. The van der Waals surface area contributed by atoms with Crippen LogP contribution in [0, 0.1) is 11.8 Å². The largest absolute Gasteiger partial charge is 0.486 e. The number of amides is 4. The predicted molar refractivity (Wildman–Crippen MR) is 139 cm³/mol. The number of fused-ring (bicyclic) bond motifs is 1. The van der Waals surface area contributed by atoms with Crippen LogP contribution in [0.3, 0.4) is 0 Å². The number of carbonyl (C=O) groups excluding carboxylic acids is 3. The second-order valence-electron chi connectivity index (χ2n) is 9.95. The zero-order chi connectivity index (χ0) is 25.8. The zero-order valence-electron chi connectivity index (χ0n) is 21.1. The van der Waals surface area contributed by atoms with Gasteiger partial charge in [0, 0.05) is 32.1 Å². The van der Waals surface area contributed by atoms with Gasteiger partial charge in [0.05, 0.1) is 17.0 Å². The quantitative estimate of drug-likeness (QED) is 0.490. The summed E-state index contributed by atoms with van der Waals surface area (Å²) < 4.78 is 8.27. The summed E-state index contributed by atoms with van der Waals surface area (Å²) in [6.07, 6.45) is 2.55. The number of piperidine rings is 1. The summed E-state index contributed by atoms with van der Waals surface area (Å²) in [6.45, 7) is 4.43. The van der Waals surface area contributed by atoms with Crippen LogP contribution in [0.4, 0.5) is 4.79 Å². The average Bonchev–Trinajstić information content (AvgIpc) is 3.25. The second kappa shape index (κ2) is 11.0. The van der Waals surface area contributed by atoms with Gasteiger partial charge < -0.3 is 19.5 Å². The zero-order valence-corrected chi connectivity index (χ0v) is 21.1. The summed E-state index contributed by atoms with van der Waals surface area (Å²) in [4.78, 5) is 43.2. The number of imide groups is 1. The Morgan fingerprint density at radius 1 is 1.05 bits per heavy atom. The number of nitrogens with zero attached hydrogens (tertiary/aromatic N) is 3. The first-order chi connectivity index (χ1) is 18.0. The lowest BCUT2D eigenvalue weighted by atomic mass is 9.92. The smallest absolute Gasteiger partial charge is 0.321 e. The lowest BCUT2D eigenvalue weighted by Gasteiger charge is -2.33. The highest BCUT2D eigenvalue weighted by Crippen LogP contribution is 2.25. The third-order valence-corrected chi connectivity index (χ3v) is 7.46. The lowest BCUT2D eigenvalue weighted by molar-refractivity contribution is -0.133. The van der Waals surface area contributed by atoms with Gasteiger partial charge in [0.25, 0.3) is 0 Å². The van der Waals surface area contributed by atoms with Crippen molar-refractivity contribution in [2.24, 2.45) is 11.8 Å². The van der Waals surface area contributed by atoms with Crippen molar-refractivity contribution in [3.05, 3.63) is 60.4 Å². The Balaban J connectivity index is 1.17. The number of aromatic nitrogens is 2. The third kappa shape index (κ3) is 5.76. The fraction of sp³-hybridized carbons (Fsp3) is 0.429. The number of nitrogens with one attached hydrogen (secondary N) is 2. The van der Waals surface area contributed by atoms with E-state index in [1.807, 2.05) is 53.4 Å². The summed E-state index contributed by atoms with van der Waals surface area (Å²) in [5.74, 6) is 1.52. The molecule has 0 bridgehead atoms. The number of urea groups is 1. The molecule has 37 heavy (non-hydrogen) atoms. The first kappa shape index (κ1) is 24.8. The number of rotatable bonds is 8. The second-order valence-corrected chi connectivity index (χ2v) is 9.95. The Hall–Kier alpha value is -3.88. The van der Waals surface area contributed by atoms with Gasteiger partial charge in [-0.1, -0.05) is 30.3 Å². The molecule has 2 N–H and O–H groups in total. The van der Waals surface area contributed by atoms with Gasteiger partial charge in [-0.15, -0.1) is 0 Å². The van der Waals surface area contributed by atoms with Crippen LogP contribution in [0.2, 0.25) is 0 Å². The highest BCUT2D eigenvalue weighted by Gasteiger charge is 2.33. The molecule has 1 aromatic heterocycles. The predicted octanol–water partition coefficient (Wildman–Crippen LogP) is 3.48. The molecule has 4 amide bonds. The molecule has 3 heterocycles. The van der Waals surface area contributed by atoms with Crippen molar-refractivity contribution < 1.29 is 19.1 Å². The number of hydrogen-bond donors (Lipinski definition) is 2. The molecule has 3 aromatic rings. The Bertz CT molecular complexity index is 1270. The van der Waals surface area contributed by atoms with E-state index >= 15 is 0 Å². The van der Waals surface area contributed by atoms with Gasteiger partial charge in [-0.05, 0) is 56.4 Å². The number of carbonyl (C=O) groups is 3. The summed E-state index contributed by atoms with van der Waals surface area (Å²) in [5.41, 5.74) is 2.05. The van der Waals surface area contributed by atoms with Crippen LogP contribution in [0.5, 0.6) is 5.75 Å². The highest BCUT2D eigenvalue weighted by molar-refractivity contribution is 5.98. The minimum Gasteiger partial charge on any atom is -0.486 e. The molecule has 2 aliphatic rings. The van der Waals surface area contributed by atoms with Gasteiger partial charge >= 0.3 is 6.03 Å². The molecule has 2 saturated heterocycles. The molecule has 0 aliphatic carbocycles. The molecular weight excluding hydrogens is 470 g/mol. The molecule has 2 unspecified atom stereocenters. The molecule has 2 aliphatic heterocycles. The minimum absolute atomic E-state index is 0.0698. The molecule has 2 aromatic carbocycles. The fourth-order valence-corrected chi connectivity index (χ4v) is 5.32. The number of imidazole rings is 1. The van der Waals surface area contributed by atoms with Crippen molar-refractivity contribution in [3.8, 4) is 5.75 Å². The van der Waals surface area contributed by atoms with Crippen molar-refractivity contribution in [1.29, 1.82) is 0 Å². The fourth-order valence-electron chi connectivity index (χ4n) is 5.32. The number of benzene rings is 2. The third-order valence-electron chi connectivity index (χ3n) is 7.46. The van der Waals surface area contributed by atoms with E-state index < -0.39 is 6.03 Å². The number of ether oxygens (including phenoxy) is 1. The molecule has 2 atom stereocenters. The van der Waals surface area contributed by atoms with Crippen molar-refractivity contribution in [2.75, 3.05) is 13.1 Å². The number of hydrogen-bond acceptors (Lipinski definition) is 5. The topological polar surface area (TPSA) is 106 Å². The van der Waals surface area contributed by atoms with E-state index in [1.165, 1.54) is 0 Å². The molecule has 5 rings (SSSR count). The van der Waals surface area contributed by atoms with E-state index in [9.17, 15) is 14.4 Å². The average molecular weight is 504 g/mol. The Morgan fingerprint density at radius 3 is 2.54 bits per heavy atom. The number of para-hydroxylation sites is 3. The van der Waals surface area contributed by atoms with Crippen molar-refractivity contribution >= 4 is 28.9 Å². The molecule has 0 radical (unpaired) electrons. The molecule has 194 valence electrons. The van der Waals surface area contributed by atoms with E-state index in [0.29, 0.717) is 38.5 Å². The van der Waals surface area contributed by atoms with Crippen LogP contribution < -0.4 is 15.4 Å². The van der Waals surface area contributed by atoms with E-state index in [-0.39, 0.29) is 23.8 Å². The van der Waals surface area contributed by atoms with Crippen LogP contribution in [0.15, 0.2) is 54.6 Å². The molecular formula is C28H33N5O4. The monoisotopic (exact) mass is 503 g/mol. The minimum atomic E-state index is -0.470. The van der Waals surface area contributed by atoms with Gasteiger partial charge in [-0.2, -0.15) is 0 Å². The van der Waals surface area contributed by atoms with E-state index in [0.717, 1.165) is 42.0 Å². The Morgan fingerprint density at radius 2 is 1.78 bits per heavy atom. The number of likely N-dealkylation sites (tertiary alicyclic amines) is 1. The van der Waals surface area contributed by atoms with Crippen LogP contribution in [-0.4, -0.2) is 51.4 Å². The van der Waals surface area contributed by atoms with Gasteiger partial charge in [0.2, 0.25) is 11.8 Å². The van der Waals surface area contributed by atoms with Crippen molar-refractivity contribution in [3.63, 3.8) is 0 Å². The van der Waals surface area contributed by atoms with Gasteiger partial charge in [0.15, 0.2) is 0 Å². The Kier molecular flexibility index (Phi) is 7.39. The molecule has 9 nitrogen and oxygen atoms in total. The maximum atomic E-state index is 12.9. The lowest BCUT2D eigenvalue weighted by Crippen LogP contribution is -2.57. The molecule has 9 heteroatoms. The van der Waals surface area contributed by atoms with Crippen molar-refractivity contribution in [1.82, 2.24) is 25.1 Å². The first-order valence-electron chi connectivity index (χ1n) is 13.0. The van der Waals surface area contributed by atoms with Crippen LogP contribution in [0.25, 0.3) is 11.0 Å². The van der Waals surface area contributed by atoms with Crippen LogP contribution in [0.1, 0.15) is 38.4 Å². The summed E-state index contributed by atoms with van der Waals surface area (Å²) in [6, 6.07) is 17.2. The van der Waals surface area contributed by atoms with E-state index in [2.05, 4.69) is 21.3 Å². The van der Waals surface area contributed by atoms with Gasteiger partial charge in [-0.25, -0.2) is 9.78 Å². The normalized spacial score (nSPS) is 20.5. The van der Waals surface area contributed by atoms with E-state index in [1.54, 1.807) is 6.92 Å². The Labute approximate surface area is 216 Å². The highest BCUT2D eigenvalue weighted by atomic mass is 16.5.